The minimum absolute atomic E-state index is 0.00241. The van der Waals surface area contributed by atoms with Crippen LogP contribution in [0.3, 0.4) is 0 Å². The Hall–Kier alpha value is -1.22. The zero-order chi connectivity index (χ0) is 7.84. The topological polar surface area (TPSA) is 45.4 Å². The Labute approximate surface area is 64.2 Å². The quantitative estimate of drug-likeness (QED) is 0.616. The summed E-state index contributed by atoms with van der Waals surface area (Å²) in [6.45, 7) is 0.753. The van der Waals surface area contributed by atoms with E-state index in [4.69, 9.17) is 5.11 Å². The van der Waals surface area contributed by atoms with Crippen LogP contribution in [0.4, 0.5) is 0 Å². The first-order valence-electron chi connectivity index (χ1n) is 3.51. The molecule has 0 bridgehead atoms. The number of aliphatic hydroxyl groups excluding tert-OH is 1. The zero-order valence-corrected chi connectivity index (χ0v) is 5.99. The van der Waals surface area contributed by atoms with Gasteiger partial charge >= 0.3 is 0 Å². The molecule has 0 saturated heterocycles. The molecule has 0 atom stereocenters. The second kappa shape index (κ2) is 2.13. The van der Waals surface area contributed by atoms with Crippen LogP contribution in [-0.4, -0.2) is 21.4 Å². The molecule has 2 heterocycles. The van der Waals surface area contributed by atoms with Gasteiger partial charge in [-0.2, -0.15) is 0 Å². The number of aromatic hydroxyl groups is 1. The summed E-state index contributed by atoms with van der Waals surface area (Å²) < 4.78 is 1.90. The van der Waals surface area contributed by atoms with E-state index >= 15 is 0 Å². The lowest BCUT2D eigenvalue weighted by molar-refractivity contribution is 0.349. The lowest BCUT2D eigenvalue weighted by Crippen LogP contribution is -1.92. The van der Waals surface area contributed by atoms with Crippen molar-refractivity contribution in [1.29, 1.82) is 0 Å². The molecule has 3 heteroatoms. The van der Waals surface area contributed by atoms with E-state index in [1.54, 1.807) is 6.07 Å². The molecule has 0 aliphatic carbocycles. The van der Waals surface area contributed by atoms with Crippen LogP contribution in [-0.2, 0) is 6.54 Å². The van der Waals surface area contributed by atoms with Gasteiger partial charge in [0.15, 0.2) is 0 Å². The number of hydrogen-bond acceptors (Lipinski definition) is 2. The SMILES string of the molecule is OCC1=CCn2ccc(O)c21. The fraction of sp³-hybridized carbons (Fsp3) is 0.250. The van der Waals surface area contributed by atoms with Gasteiger partial charge in [-0.05, 0) is 6.07 Å². The first-order valence-corrected chi connectivity index (χ1v) is 3.51. The number of hydrogen-bond donors (Lipinski definition) is 2. The monoisotopic (exact) mass is 151 g/mol. The van der Waals surface area contributed by atoms with Gasteiger partial charge in [-0.1, -0.05) is 6.08 Å². The van der Waals surface area contributed by atoms with E-state index in [0.29, 0.717) is 0 Å². The summed E-state index contributed by atoms with van der Waals surface area (Å²) in [5, 5.41) is 18.2. The number of aromatic nitrogens is 1. The Bertz CT molecular complexity index is 312. The van der Waals surface area contributed by atoms with Gasteiger partial charge in [0.05, 0.1) is 12.3 Å². The Morgan fingerprint density at radius 1 is 1.55 bits per heavy atom. The maximum absolute atomic E-state index is 9.30. The van der Waals surface area contributed by atoms with Crippen molar-refractivity contribution in [2.24, 2.45) is 0 Å². The molecular weight excluding hydrogens is 142 g/mol. The van der Waals surface area contributed by atoms with Crippen LogP contribution in [0.25, 0.3) is 5.57 Å². The van der Waals surface area contributed by atoms with E-state index in [1.807, 2.05) is 16.8 Å². The van der Waals surface area contributed by atoms with E-state index in [-0.39, 0.29) is 12.4 Å². The van der Waals surface area contributed by atoms with Crippen LogP contribution in [0.1, 0.15) is 5.69 Å². The minimum Gasteiger partial charge on any atom is -0.506 e. The molecule has 1 aromatic rings. The highest BCUT2D eigenvalue weighted by molar-refractivity contribution is 5.71. The maximum Gasteiger partial charge on any atom is 0.141 e. The molecular formula is C8H9NO2. The molecule has 1 aliphatic heterocycles. The Balaban J connectivity index is 2.52. The highest BCUT2D eigenvalue weighted by atomic mass is 16.3. The second-order valence-electron chi connectivity index (χ2n) is 2.59. The molecule has 3 nitrogen and oxygen atoms in total. The van der Waals surface area contributed by atoms with Crippen molar-refractivity contribution in [2.75, 3.05) is 6.61 Å². The van der Waals surface area contributed by atoms with Gasteiger partial charge in [0.2, 0.25) is 0 Å². The first-order chi connectivity index (χ1) is 5.33. The average molecular weight is 151 g/mol. The summed E-state index contributed by atoms with van der Waals surface area (Å²) in [5.41, 5.74) is 1.57. The Morgan fingerprint density at radius 2 is 2.36 bits per heavy atom. The normalized spacial score (nSPS) is 14.8. The minimum atomic E-state index is -0.00241. The van der Waals surface area contributed by atoms with Crippen molar-refractivity contribution in [3.05, 3.63) is 24.0 Å². The third kappa shape index (κ3) is 0.778. The Morgan fingerprint density at radius 3 is 3.09 bits per heavy atom. The number of fused-ring (bicyclic) bond motifs is 1. The smallest absolute Gasteiger partial charge is 0.141 e. The van der Waals surface area contributed by atoms with Crippen molar-refractivity contribution < 1.29 is 10.2 Å². The van der Waals surface area contributed by atoms with Gasteiger partial charge in [0.1, 0.15) is 5.75 Å². The summed E-state index contributed by atoms with van der Waals surface area (Å²) in [5.74, 6) is 0.253. The molecule has 2 rings (SSSR count). The Kier molecular flexibility index (Phi) is 1.26. The van der Waals surface area contributed by atoms with Crippen molar-refractivity contribution in [3.63, 3.8) is 0 Å². The molecule has 0 fully saturated rings. The third-order valence-corrected chi connectivity index (χ3v) is 1.95. The molecule has 0 unspecified atom stereocenters. The van der Waals surface area contributed by atoms with Gasteiger partial charge < -0.3 is 14.8 Å². The number of rotatable bonds is 1. The van der Waals surface area contributed by atoms with E-state index in [1.165, 1.54) is 0 Å². The summed E-state index contributed by atoms with van der Waals surface area (Å²) in [4.78, 5) is 0. The van der Waals surface area contributed by atoms with Crippen LogP contribution in [0.15, 0.2) is 18.3 Å². The van der Waals surface area contributed by atoms with Gasteiger partial charge in [-0.3, -0.25) is 0 Å². The van der Waals surface area contributed by atoms with Crippen molar-refractivity contribution in [1.82, 2.24) is 4.57 Å². The molecule has 1 aromatic heterocycles. The zero-order valence-electron chi connectivity index (χ0n) is 5.99. The molecule has 58 valence electrons. The summed E-state index contributed by atoms with van der Waals surface area (Å²) >= 11 is 0. The van der Waals surface area contributed by atoms with E-state index < -0.39 is 0 Å². The maximum atomic E-state index is 9.30. The van der Waals surface area contributed by atoms with E-state index in [2.05, 4.69) is 0 Å². The largest absolute Gasteiger partial charge is 0.506 e. The van der Waals surface area contributed by atoms with Crippen molar-refractivity contribution in [2.45, 2.75) is 6.54 Å². The number of aliphatic hydroxyl groups is 1. The first kappa shape index (κ1) is 6.49. The predicted molar refractivity (Wildman–Crippen MR) is 41.2 cm³/mol. The van der Waals surface area contributed by atoms with Crippen LogP contribution in [0, 0.1) is 0 Å². The molecule has 0 spiro atoms. The lowest BCUT2D eigenvalue weighted by Gasteiger charge is -1.98. The van der Waals surface area contributed by atoms with Crippen LogP contribution >= 0.6 is 0 Å². The fourth-order valence-corrected chi connectivity index (χ4v) is 1.41. The van der Waals surface area contributed by atoms with Crippen LogP contribution in [0.2, 0.25) is 0 Å². The summed E-state index contributed by atoms with van der Waals surface area (Å²) in [6.07, 6.45) is 3.72. The highest BCUT2D eigenvalue weighted by Crippen LogP contribution is 2.30. The van der Waals surface area contributed by atoms with Gasteiger partial charge in [-0.15, -0.1) is 0 Å². The highest BCUT2D eigenvalue weighted by Gasteiger charge is 2.16. The molecule has 0 aromatic carbocycles. The van der Waals surface area contributed by atoms with E-state index in [0.717, 1.165) is 17.8 Å². The van der Waals surface area contributed by atoms with Crippen molar-refractivity contribution >= 4 is 5.57 Å². The van der Waals surface area contributed by atoms with Gasteiger partial charge in [0.25, 0.3) is 0 Å². The summed E-state index contributed by atoms with van der Waals surface area (Å²) in [7, 11) is 0. The number of nitrogens with zero attached hydrogens (tertiary/aromatic N) is 1. The van der Waals surface area contributed by atoms with E-state index in [9.17, 15) is 5.11 Å². The molecule has 0 radical (unpaired) electrons. The second-order valence-corrected chi connectivity index (χ2v) is 2.59. The molecule has 1 aliphatic rings. The third-order valence-electron chi connectivity index (χ3n) is 1.95. The molecule has 11 heavy (non-hydrogen) atoms. The predicted octanol–water partition coefficient (Wildman–Crippen LogP) is 0.583. The number of allylic oxidation sites excluding steroid dienone is 1. The average Bonchev–Trinajstić information content (AvgIpc) is 2.54. The molecule has 0 saturated carbocycles. The van der Waals surface area contributed by atoms with Crippen molar-refractivity contribution in [3.8, 4) is 5.75 Å². The van der Waals surface area contributed by atoms with Gasteiger partial charge in [0, 0.05) is 18.3 Å². The van der Waals surface area contributed by atoms with Gasteiger partial charge in [-0.25, -0.2) is 0 Å². The van der Waals surface area contributed by atoms with Crippen LogP contribution < -0.4 is 0 Å². The standard InChI is InChI=1S/C8H9NO2/c10-5-6-1-3-9-4-2-7(11)8(6)9/h1-2,4,10-11H,3,5H2. The molecule has 0 amide bonds. The van der Waals surface area contributed by atoms with Crippen LogP contribution in [0.5, 0.6) is 5.75 Å². The summed E-state index contributed by atoms with van der Waals surface area (Å²) in [6, 6.07) is 1.64. The molecule has 2 N–H and O–H groups in total. The lowest BCUT2D eigenvalue weighted by atomic mass is 10.2. The fourth-order valence-electron chi connectivity index (χ4n) is 1.41.